The first kappa shape index (κ1) is 22.8. The fourth-order valence-corrected chi connectivity index (χ4v) is 5.37. The standard InChI is InChI=1S/C24H28ClFN6O2/c1-14(2)32-24(34-20-6-4-5-19(25)23(20)26)28-21(30-32)10-18-15-7-8-16(18)13-31(12-15)17-9-22(33-3)29-27-11-17/h4-6,9,11,14-16,18H,7-8,10,12-13H2,1-3H3/t15-,16+,18?. The van der Waals surface area contributed by atoms with Crippen molar-refractivity contribution in [1.82, 2.24) is 25.0 Å². The summed E-state index contributed by atoms with van der Waals surface area (Å²) in [6.45, 7) is 5.91. The Hall–Kier alpha value is -2.94. The zero-order valence-electron chi connectivity index (χ0n) is 19.5. The fraction of sp³-hybridized carbons (Fsp3) is 0.500. The lowest BCUT2D eigenvalue weighted by Gasteiger charge is -2.38. The quantitative estimate of drug-likeness (QED) is 0.467. The number of benzene rings is 1. The van der Waals surface area contributed by atoms with E-state index in [9.17, 15) is 4.39 Å². The molecule has 3 atom stereocenters. The Morgan fingerprint density at radius 1 is 1.21 bits per heavy atom. The first-order valence-electron chi connectivity index (χ1n) is 11.6. The molecule has 1 aliphatic heterocycles. The van der Waals surface area contributed by atoms with E-state index in [0.717, 1.165) is 31.0 Å². The number of ether oxygens (including phenoxy) is 2. The number of halogens is 2. The predicted molar refractivity (Wildman–Crippen MR) is 126 cm³/mol. The zero-order chi connectivity index (χ0) is 23.8. The third-order valence-corrected chi connectivity index (χ3v) is 7.18. The lowest BCUT2D eigenvalue weighted by atomic mass is 9.82. The number of methoxy groups -OCH3 is 1. The average molecular weight is 487 g/mol. The van der Waals surface area contributed by atoms with Gasteiger partial charge in [-0.15, -0.1) is 5.10 Å². The minimum absolute atomic E-state index is 0.0127. The highest BCUT2D eigenvalue weighted by atomic mass is 35.5. The van der Waals surface area contributed by atoms with Gasteiger partial charge in [-0.25, -0.2) is 9.07 Å². The van der Waals surface area contributed by atoms with Gasteiger partial charge in [0.2, 0.25) is 5.88 Å². The number of rotatable bonds is 7. The van der Waals surface area contributed by atoms with Crippen molar-refractivity contribution in [2.45, 2.75) is 39.2 Å². The van der Waals surface area contributed by atoms with Crippen LogP contribution in [0, 0.1) is 23.6 Å². The molecule has 0 N–H and O–H groups in total. The van der Waals surface area contributed by atoms with Crippen LogP contribution in [-0.2, 0) is 6.42 Å². The topological polar surface area (TPSA) is 78.2 Å². The van der Waals surface area contributed by atoms with Crippen LogP contribution in [0.2, 0.25) is 5.02 Å². The van der Waals surface area contributed by atoms with Gasteiger partial charge in [0, 0.05) is 25.6 Å². The van der Waals surface area contributed by atoms with Crippen molar-refractivity contribution >= 4 is 17.3 Å². The Morgan fingerprint density at radius 3 is 2.68 bits per heavy atom. The summed E-state index contributed by atoms with van der Waals surface area (Å²) < 4.78 is 27.2. The van der Waals surface area contributed by atoms with E-state index in [4.69, 9.17) is 26.2 Å². The summed E-state index contributed by atoms with van der Waals surface area (Å²) in [6.07, 6.45) is 4.94. The number of anilines is 1. The molecule has 0 amide bonds. The molecule has 1 aromatic carbocycles. The highest BCUT2D eigenvalue weighted by Crippen LogP contribution is 2.44. The predicted octanol–water partition coefficient (Wildman–Crippen LogP) is 4.95. The molecule has 10 heteroatoms. The summed E-state index contributed by atoms with van der Waals surface area (Å²) in [6, 6.07) is 6.92. The molecule has 34 heavy (non-hydrogen) atoms. The van der Waals surface area contributed by atoms with Crippen LogP contribution in [0.4, 0.5) is 10.1 Å². The second-order valence-electron chi connectivity index (χ2n) is 9.33. The highest BCUT2D eigenvalue weighted by Gasteiger charge is 2.42. The minimum Gasteiger partial charge on any atom is -0.480 e. The van der Waals surface area contributed by atoms with Gasteiger partial charge in [0.05, 0.1) is 30.1 Å². The maximum Gasteiger partial charge on any atom is 0.320 e. The van der Waals surface area contributed by atoms with Gasteiger partial charge < -0.3 is 14.4 Å². The van der Waals surface area contributed by atoms with E-state index in [1.807, 2.05) is 19.9 Å². The summed E-state index contributed by atoms with van der Waals surface area (Å²) in [5.74, 6) is 2.27. The van der Waals surface area contributed by atoms with E-state index in [1.165, 1.54) is 18.9 Å². The van der Waals surface area contributed by atoms with Gasteiger partial charge in [-0.1, -0.05) is 17.7 Å². The van der Waals surface area contributed by atoms with Crippen LogP contribution in [0.25, 0.3) is 0 Å². The lowest BCUT2D eigenvalue weighted by Crippen LogP contribution is -2.42. The summed E-state index contributed by atoms with van der Waals surface area (Å²) in [5, 5.41) is 12.8. The molecule has 2 aromatic heterocycles. The van der Waals surface area contributed by atoms with Crippen molar-refractivity contribution in [3.05, 3.63) is 47.1 Å². The van der Waals surface area contributed by atoms with E-state index < -0.39 is 5.82 Å². The maximum absolute atomic E-state index is 14.4. The van der Waals surface area contributed by atoms with E-state index in [1.54, 1.807) is 30.1 Å². The molecule has 0 spiro atoms. The first-order chi connectivity index (χ1) is 16.4. The third kappa shape index (κ3) is 4.41. The SMILES string of the molecule is COc1cc(N2C[C@H]3CC[C@@H](C2)C3Cc2nc(Oc3cccc(Cl)c3F)n(C(C)C)n2)cnn1. The summed E-state index contributed by atoms with van der Waals surface area (Å²) in [7, 11) is 1.60. The average Bonchev–Trinajstić information content (AvgIpc) is 3.32. The van der Waals surface area contributed by atoms with E-state index in [0.29, 0.717) is 23.6 Å². The summed E-state index contributed by atoms with van der Waals surface area (Å²) >= 11 is 5.91. The number of fused-ring (bicyclic) bond motifs is 2. The zero-order valence-corrected chi connectivity index (χ0v) is 20.2. The van der Waals surface area contributed by atoms with Gasteiger partial charge in [-0.2, -0.15) is 15.2 Å². The first-order valence-corrected chi connectivity index (χ1v) is 12.0. The number of piperidine rings is 1. The maximum atomic E-state index is 14.4. The van der Waals surface area contributed by atoms with Gasteiger partial charge in [0.25, 0.3) is 0 Å². The molecule has 3 aromatic rings. The van der Waals surface area contributed by atoms with Crippen LogP contribution in [0.1, 0.15) is 38.6 Å². The van der Waals surface area contributed by atoms with E-state index in [2.05, 4.69) is 20.1 Å². The number of nitrogens with zero attached hydrogens (tertiary/aromatic N) is 6. The van der Waals surface area contributed by atoms with Crippen LogP contribution in [-0.4, -0.2) is 45.2 Å². The van der Waals surface area contributed by atoms with Gasteiger partial charge in [0.1, 0.15) is 0 Å². The smallest absolute Gasteiger partial charge is 0.320 e. The van der Waals surface area contributed by atoms with Crippen LogP contribution in [0.15, 0.2) is 30.5 Å². The number of aromatic nitrogens is 5. The Morgan fingerprint density at radius 2 is 1.97 bits per heavy atom. The van der Waals surface area contributed by atoms with Crippen LogP contribution >= 0.6 is 11.6 Å². The number of hydrogen-bond donors (Lipinski definition) is 0. The Bertz CT molecular complexity index is 1160. The monoisotopic (exact) mass is 486 g/mol. The van der Waals surface area contributed by atoms with Crippen molar-refractivity contribution in [3.8, 4) is 17.6 Å². The van der Waals surface area contributed by atoms with Gasteiger partial charge in [-0.3, -0.25) is 0 Å². The molecule has 1 saturated heterocycles. The molecule has 1 aliphatic carbocycles. The molecular formula is C24H28ClFN6O2. The fourth-order valence-electron chi connectivity index (χ4n) is 5.21. The summed E-state index contributed by atoms with van der Waals surface area (Å²) in [5.41, 5.74) is 1.05. The van der Waals surface area contributed by atoms with Gasteiger partial charge >= 0.3 is 6.01 Å². The summed E-state index contributed by atoms with van der Waals surface area (Å²) in [4.78, 5) is 7.04. The largest absolute Gasteiger partial charge is 0.480 e. The van der Waals surface area contributed by atoms with Crippen molar-refractivity contribution in [2.24, 2.45) is 17.8 Å². The van der Waals surface area contributed by atoms with Crippen molar-refractivity contribution in [2.75, 3.05) is 25.1 Å². The molecule has 0 radical (unpaired) electrons. The molecule has 5 rings (SSSR count). The molecule has 1 saturated carbocycles. The number of hydrogen-bond acceptors (Lipinski definition) is 7. The van der Waals surface area contributed by atoms with Crippen LogP contribution in [0.3, 0.4) is 0 Å². The normalized spacial score (nSPS) is 21.8. The molecule has 180 valence electrons. The van der Waals surface area contributed by atoms with E-state index >= 15 is 0 Å². The third-order valence-electron chi connectivity index (χ3n) is 6.89. The van der Waals surface area contributed by atoms with E-state index in [-0.39, 0.29) is 22.8 Å². The van der Waals surface area contributed by atoms with Crippen LogP contribution < -0.4 is 14.4 Å². The second-order valence-corrected chi connectivity index (χ2v) is 9.74. The van der Waals surface area contributed by atoms with Crippen molar-refractivity contribution < 1.29 is 13.9 Å². The molecule has 2 bridgehead atoms. The van der Waals surface area contributed by atoms with Gasteiger partial charge in [-0.05, 0) is 56.6 Å². The van der Waals surface area contributed by atoms with Crippen LogP contribution in [0.5, 0.6) is 17.6 Å². The minimum atomic E-state index is -0.600. The molecule has 3 heterocycles. The van der Waals surface area contributed by atoms with Gasteiger partial charge in [0.15, 0.2) is 17.4 Å². The molecule has 8 nitrogen and oxygen atoms in total. The molecular weight excluding hydrogens is 459 g/mol. The highest BCUT2D eigenvalue weighted by molar-refractivity contribution is 6.30. The molecule has 2 aliphatic rings. The molecule has 1 unspecified atom stereocenters. The Kier molecular flexibility index (Phi) is 6.29. The Labute approximate surface area is 203 Å². The van der Waals surface area contributed by atoms with Crippen molar-refractivity contribution in [3.63, 3.8) is 0 Å². The van der Waals surface area contributed by atoms with Crippen molar-refractivity contribution in [1.29, 1.82) is 0 Å². The second kappa shape index (κ2) is 9.37. The Balaban J connectivity index is 1.33. The lowest BCUT2D eigenvalue weighted by molar-refractivity contribution is 0.265. The molecule has 2 fully saturated rings.